The third-order valence-corrected chi connectivity index (χ3v) is 2.72. The van der Waals surface area contributed by atoms with Crippen LogP contribution in [0.4, 0.5) is 5.69 Å². The summed E-state index contributed by atoms with van der Waals surface area (Å²) < 4.78 is 0. The van der Waals surface area contributed by atoms with Crippen LogP contribution in [0.1, 0.15) is 18.9 Å². The van der Waals surface area contributed by atoms with Gasteiger partial charge in [0.1, 0.15) is 5.78 Å². The average Bonchev–Trinajstić information content (AvgIpc) is 2.58. The molecule has 0 unspecified atom stereocenters. The Morgan fingerprint density at radius 3 is 3.00 bits per heavy atom. The lowest BCUT2D eigenvalue weighted by molar-refractivity contribution is -0.116. The summed E-state index contributed by atoms with van der Waals surface area (Å²) in [6, 6.07) is 8.45. The molecule has 1 heterocycles. The normalized spacial score (nSPS) is 14.2. The third-order valence-electron chi connectivity index (χ3n) is 2.72. The zero-order valence-electron chi connectivity index (χ0n) is 8.49. The van der Waals surface area contributed by atoms with Crippen molar-refractivity contribution in [2.45, 2.75) is 19.8 Å². The number of rotatable bonds is 3. The monoisotopic (exact) mass is 189 g/mol. The van der Waals surface area contributed by atoms with Crippen molar-refractivity contribution >= 4 is 11.5 Å². The first-order valence-electron chi connectivity index (χ1n) is 5.09. The molecule has 1 aromatic rings. The zero-order valence-corrected chi connectivity index (χ0v) is 8.49. The van der Waals surface area contributed by atoms with E-state index in [1.54, 1.807) is 6.92 Å². The van der Waals surface area contributed by atoms with Crippen molar-refractivity contribution in [2.24, 2.45) is 0 Å². The second kappa shape index (κ2) is 3.82. The largest absolute Gasteiger partial charge is 0.371 e. The van der Waals surface area contributed by atoms with Crippen LogP contribution in [0, 0.1) is 0 Å². The van der Waals surface area contributed by atoms with Crippen molar-refractivity contribution in [1.29, 1.82) is 0 Å². The molecule has 0 fully saturated rings. The molecule has 0 aliphatic carbocycles. The zero-order chi connectivity index (χ0) is 9.97. The van der Waals surface area contributed by atoms with Crippen molar-refractivity contribution in [3.63, 3.8) is 0 Å². The van der Waals surface area contributed by atoms with Crippen molar-refractivity contribution in [3.8, 4) is 0 Å². The highest BCUT2D eigenvalue weighted by molar-refractivity contribution is 5.76. The first-order chi connectivity index (χ1) is 6.77. The molecule has 0 amide bonds. The molecule has 0 spiro atoms. The number of Topliss-reactive ketones (excluding diaryl/α,β-unsaturated/α-hetero) is 1. The summed E-state index contributed by atoms with van der Waals surface area (Å²) in [4.78, 5) is 13.2. The average molecular weight is 189 g/mol. The van der Waals surface area contributed by atoms with Crippen LogP contribution in [-0.4, -0.2) is 18.9 Å². The van der Waals surface area contributed by atoms with Gasteiger partial charge in [0.25, 0.3) is 0 Å². The van der Waals surface area contributed by atoms with E-state index in [9.17, 15) is 4.79 Å². The summed E-state index contributed by atoms with van der Waals surface area (Å²) >= 11 is 0. The van der Waals surface area contributed by atoms with E-state index in [1.807, 2.05) is 0 Å². The Bertz CT molecular complexity index is 346. The van der Waals surface area contributed by atoms with E-state index in [4.69, 9.17) is 0 Å². The Balaban J connectivity index is 2.07. The van der Waals surface area contributed by atoms with Gasteiger partial charge in [0.15, 0.2) is 0 Å². The van der Waals surface area contributed by atoms with E-state index in [2.05, 4.69) is 29.2 Å². The summed E-state index contributed by atoms with van der Waals surface area (Å²) in [6.45, 7) is 3.58. The molecule has 1 aliphatic heterocycles. The molecule has 2 heteroatoms. The Morgan fingerprint density at radius 1 is 1.43 bits per heavy atom. The summed E-state index contributed by atoms with van der Waals surface area (Å²) in [5.41, 5.74) is 2.73. The highest BCUT2D eigenvalue weighted by Gasteiger charge is 2.17. The second-order valence-corrected chi connectivity index (χ2v) is 3.82. The lowest BCUT2D eigenvalue weighted by Gasteiger charge is -2.18. The molecule has 0 aromatic heterocycles. The number of benzene rings is 1. The molecule has 0 radical (unpaired) electrons. The molecule has 1 aliphatic rings. The number of ketones is 1. The summed E-state index contributed by atoms with van der Waals surface area (Å²) in [7, 11) is 0. The van der Waals surface area contributed by atoms with Crippen molar-refractivity contribution in [1.82, 2.24) is 0 Å². The topological polar surface area (TPSA) is 20.3 Å². The minimum absolute atomic E-state index is 0.273. The Hall–Kier alpha value is -1.31. The Kier molecular flexibility index (Phi) is 2.53. The highest BCUT2D eigenvalue weighted by atomic mass is 16.1. The van der Waals surface area contributed by atoms with Crippen molar-refractivity contribution in [2.75, 3.05) is 18.0 Å². The lowest BCUT2D eigenvalue weighted by Crippen LogP contribution is -2.23. The maximum absolute atomic E-state index is 10.9. The minimum atomic E-state index is 0.273. The molecular weight excluding hydrogens is 174 g/mol. The van der Waals surface area contributed by atoms with Crippen molar-refractivity contribution < 1.29 is 4.79 Å². The molecule has 0 saturated carbocycles. The fraction of sp³-hybridized carbons (Fsp3) is 0.417. The molecule has 0 N–H and O–H groups in total. The summed E-state index contributed by atoms with van der Waals surface area (Å²) in [5.74, 6) is 0.273. The van der Waals surface area contributed by atoms with Gasteiger partial charge in [-0.2, -0.15) is 0 Å². The molecule has 74 valence electrons. The molecule has 0 saturated heterocycles. The van der Waals surface area contributed by atoms with Crippen LogP contribution in [0.5, 0.6) is 0 Å². The first kappa shape index (κ1) is 9.25. The van der Waals surface area contributed by atoms with E-state index in [0.717, 1.165) is 19.5 Å². The van der Waals surface area contributed by atoms with E-state index >= 15 is 0 Å². The van der Waals surface area contributed by atoms with Crippen LogP contribution >= 0.6 is 0 Å². The molecule has 2 nitrogen and oxygen atoms in total. The van der Waals surface area contributed by atoms with Gasteiger partial charge in [0.05, 0.1) is 0 Å². The number of para-hydroxylation sites is 1. The number of fused-ring (bicyclic) bond motifs is 1. The molecule has 2 rings (SSSR count). The highest BCUT2D eigenvalue weighted by Crippen LogP contribution is 2.27. The van der Waals surface area contributed by atoms with Gasteiger partial charge in [0, 0.05) is 25.2 Å². The molecule has 0 bridgehead atoms. The van der Waals surface area contributed by atoms with Crippen LogP contribution in [0.25, 0.3) is 0 Å². The quantitative estimate of drug-likeness (QED) is 0.725. The molecule has 0 atom stereocenters. The van der Waals surface area contributed by atoms with Crippen LogP contribution < -0.4 is 4.90 Å². The number of carbonyl (C=O) groups excluding carboxylic acids is 1. The maximum Gasteiger partial charge on any atom is 0.131 e. The van der Waals surface area contributed by atoms with E-state index in [0.29, 0.717) is 6.42 Å². The van der Waals surface area contributed by atoms with Crippen molar-refractivity contribution in [3.05, 3.63) is 29.8 Å². The van der Waals surface area contributed by atoms with Gasteiger partial charge in [-0.05, 0) is 25.0 Å². The van der Waals surface area contributed by atoms with Gasteiger partial charge in [-0.1, -0.05) is 18.2 Å². The predicted molar refractivity (Wildman–Crippen MR) is 57.7 cm³/mol. The fourth-order valence-electron chi connectivity index (χ4n) is 1.93. The third kappa shape index (κ3) is 1.79. The van der Waals surface area contributed by atoms with Crippen LogP contribution in [0.2, 0.25) is 0 Å². The molecule has 14 heavy (non-hydrogen) atoms. The van der Waals surface area contributed by atoms with Gasteiger partial charge < -0.3 is 4.90 Å². The van der Waals surface area contributed by atoms with E-state index in [1.165, 1.54) is 11.3 Å². The molecular formula is C12H15NO. The lowest BCUT2D eigenvalue weighted by atomic mass is 10.2. The van der Waals surface area contributed by atoms with Gasteiger partial charge in [-0.25, -0.2) is 0 Å². The molecule has 1 aromatic carbocycles. The summed E-state index contributed by atoms with van der Waals surface area (Å²) in [5, 5.41) is 0. The van der Waals surface area contributed by atoms with E-state index in [-0.39, 0.29) is 5.78 Å². The standard InChI is InChI=1S/C12H15NO/c1-10(14)6-8-13-9-7-11-4-2-3-5-12(11)13/h2-5H,6-9H2,1H3. The van der Waals surface area contributed by atoms with Gasteiger partial charge in [-0.3, -0.25) is 4.79 Å². The number of hydrogen-bond donors (Lipinski definition) is 0. The van der Waals surface area contributed by atoms with Crippen LogP contribution in [-0.2, 0) is 11.2 Å². The van der Waals surface area contributed by atoms with Crippen LogP contribution in [0.3, 0.4) is 0 Å². The van der Waals surface area contributed by atoms with Gasteiger partial charge in [0.2, 0.25) is 0 Å². The predicted octanol–water partition coefficient (Wildman–Crippen LogP) is 2.03. The first-order valence-corrected chi connectivity index (χ1v) is 5.09. The number of nitrogens with zero attached hydrogens (tertiary/aromatic N) is 1. The smallest absolute Gasteiger partial charge is 0.131 e. The fourth-order valence-corrected chi connectivity index (χ4v) is 1.93. The maximum atomic E-state index is 10.9. The van der Waals surface area contributed by atoms with Gasteiger partial charge >= 0.3 is 0 Å². The van der Waals surface area contributed by atoms with Gasteiger partial charge in [-0.15, -0.1) is 0 Å². The number of anilines is 1. The second-order valence-electron chi connectivity index (χ2n) is 3.82. The Morgan fingerprint density at radius 2 is 2.21 bits per heavy atom. The van der Waals surface area contributed by atoms with Crippen LogP contribution in [0.15, 0.2) is 24.3 Å². The number of carbonyl (C=O) groups is 1. The number of hydrogen-bond acceptors (Lipinski definition) is 2. The van der Waals surface area contributed by atoms with E-state index < -0.39 is 0 Å². The summed E-state index contributed by atoms with van der Waals surface area (Å²) in [6.07, 6.45) is 1.78. The SMILES string of the molecule is CC(=O)CCN1CCc2ccccc21. The Labute approximate surface area is 84.5 Å². The minimum Gasteiger partial charge on any atom is -0.371 e.